The maximum Gasteiger partial charge on any atom is 0.138 e. The van der Waals surface area contributed by atoms with Crippen molar-refractivity contribution in [2.45, 2.75) is 18.8 Å². The van der Waals surface area contributed by atoms with Gasteiger partial charge in [-0.3, -0.25) is 0 Å². The summed E-state index contributed by atoms with van der Waals surface area (Å²) >= 11 is 7.91. The van der Waals surface area contributed by atoms with E-state index in [1.807, 2.05) is 41.3 Å². The van der Waals surface area contributed by atoms with Crippen LogP contribution < -0.4 is 0 Å². The Morgan fingerprint density at radius 3 is 2.79 bits per heavy atom. The standard InChI is InChI=1S/C13H16ClFIN3/c1-18(2)4-3-5-19-12-6-9(15)10(16)7-11(12)17-13(19)8-14/h6-7H,3-5,8H2,1-2H3. The minimum absolute atomic E-state index is 0.206. The fourth-order valence-electron chi connectivity index (χ4n) is 2.07. The molecule has 0 fully saturated rings. The molecular formula is C13H16ClFIN3. The second-order valence-corrected chi connectivity index (χ2v) is 6.15. The van der Waals surface area contributed by atoms with Gasteiger partial charge in [-0.1, -0.05) is 0 Å². The van der Waals surface area contributed by atoms with Crippen molar-refractivity contribution in [2.75, 3.05) is 20.6 Å². The van der Waals surface area contributed by atoms with E-state index in [9.17, 15) is 4.39 Å². The molecule has 0 bridgehead atoms. The summed E-state index contributed by atoms with van der Waals surface area (Å²) in [6.45, 7) is 1.78. The number of fused-ring (bicyclic) bond motifs is 1. The van der Waals surface area contributed by atoms with E-state index < -0.39 is 0 Å². The Morgan fingerprint density at radius 1 is 1.42 bits per heavy atom. The predicted molar refractivity (Wildman–Crippen MR) is 85.1 cm³/mol. The van der Waals surface area contributed by atoms with Gasteiger partial charge >= 0.3 is 0 Å². The average molecular weight is 396 g/mol. The molecule has 0 N–H and O–H groups in total. The first-order valence-electron chi connectivity index (χ1n) is 6.07. The van der Waals surface area contributed by atoms with Gasteiger partial charge in [-0.15, -0.1) is 11.6 Å². The molecule has 0 amide bonds. The van der Waals surface area contributed by atoms with Crippen LogP contribution in [0.25, 0.3) is 11.0 Å². The van der Waals surface area contributed by atoms with Gasteiger partial charge in [0, 0.05) is 12.6 Å². The van der Waals surface area contributed by atoms with Crippen LogP contribution in [0.2, 0.25) is 0 Å². The van der Waals surface area contributed by atoms with Crippen molar-refractivity contribution in [1.82, 2.24) is 14.5 Å². The van der Waals surface area contributed by atoms with Crippen LogP contribution in [0.1, 0.15) is 12.2 Å². The first kappa shape index (κ1) is 15.0. The molecule has 6 heteroatoms. The van der Waals surface area contributed by atoms with Gasteiger partial charge < -0.3 is 9.47 Å². The predicted octanol–water partition coefficient (Wildman–Crippen LogP) is 3.47. The quantitative estimate of drug-likeness (QED) is 0.571. The number of hydrogen-bond donors (Lipinski definition) is 0. The van der Waals surface area contributed by atoms with Crippen LogP contribution in [0.4, 0.5) is 4.39 Å². The third-order valence-electron chi connectivity index (χ3n) is 2.98. The van der Waals surface area contributed by atoms with Gasteiger partial charge in [0.25, 0.3) is 0 Å². The number of hydrogen-bond acceptors (Lipinski definition) is 2. The highest BCUT2D eigenvalue weighted by Gasteiger charge is 2.12. The number of alkyl halides is 1. The largest absolute Gasteiger partial charge is 0.327 e. The van der Waals surface area contributed by atoms with Crippen molar-refractivity contribution in [3.8, 4) is 0 Å². The Hall–Kier alpha value is -0.400. The van der Waals surface area contributed by atoms with Crippen molar-refractivity contribution < 1.29 is 4.39 Å². The number of halogens is 3. The molecule has 0 aliphatic rings. The Morgan fingerprint density at radius 2 is 2.16 bits per heavy atom. The number of nitrogens with zero attached hydrogens (tertiary/aromatic N) is 3. The highest BCUT2D eigenvalue weighted by Crippen LogP contribution is 2.23. The van der Waals surface area contributed by atoms with Crippen molar-refractivity contribution in [3.05, 3.63) is 27.3 Å². The van der Waals surface area contributed by atoms with Gasteiger partial charge in [0.1, 0.15) is 11.6 Å². The maximum atomic E-state index is 13.7. The van der Waals surface area contributed by atoms with E-state index in [0.717, 1.165) is 36.4 Å². The van der Waals surface area contributed by atoms with E-state index in [1.54, 1.807) is 12.1 Å². The van der Waals surface area contributed by atoms with Crippen LogP contribution in [-0.4, -0.2) is 35.1 Å². The highest BCUT2D eigenvalue weighted by atomic mass is 127. The first-order valence-corrected chi connectivity index (χ1v) is 7.69. The molecule has 2 rings (SSSR count). The monoisotopic (exact) mass is 395 g/mol. The molecule has 0 saturated carbocycles. The summed E-state index contributed by atoms with van der Waals surface area (Å²) in [5, 5.41) is 0. The van der Waals surface area contributed by atoms with E-state index in [-0.39, 0.29) is 5.82 Å². The summed E-state index contributed by atoms with van der Waals surface area (Å²) in [6.07, 6.45) is 0.982. The number of imidazole rings is 1. The molecular weight excluding hydrogens is 380 g/mol. The summed E-state index contributed by atoms with van der Waals surface area (Å²) in [7, 11) is 4.08. The maximum absolute atomic E-state index is 13.7. The number of aromatic nitrogens is 2. The van der Waals surface area contributed by atoms with E-state index in [1.165, 1.54) is 0 Å². The summed E-state index contributed by atoms with van der Waals surface area (Å²) in [6, 6.07) is 3.32. The summed E-state index contributed by atoms with van der Waals surface area (Å²) in [4.78, 5) is 6.60. The molecule has 19 heavy (non-hydrogen) atoms. The number of rotatable bonds is 5. The number of benzene rings is 1. The van der Waals surface area contributed by atoms with Crippen LogP contribution in [0.15, 0.2) is 12.1 Å². The van der Waals surface area contributed by atoms with Crippen LogP contribution in [0.3, 0.4) is 0 Å². The van der Waals surface area contributed by atoms with E-state index in [2.05, 4.69) is 9.88 Å². The molecule has 1 heterocycles. The topological polar surface area (TPSA) is 21.1 Å². The Labute approximate surface area is 130 Å². The summed E-state index contributed by atoms with van der Waals surface area (Å²) < 4.78 is 16.3. The molecule has 0 saturated heterocycles. The molecule has 2 aromatic rings. The van der Waals surface area contributed by atoms with Gasteiger partial charge in [-0.2, -0.15) is 0 Å². The molecule has 0 spiro atoms. The Bertz CT molecular complexity index is 583. The first-order chi connectivity index (χ1) is 9.02. The molecule has 1 aromatic heterocycles. The lowest BCUT2D eigenvalue weighted by Gasteiger charge is -2.11. The molecule has 0 atom stereocenters. The lowest BCUT2D eigenvalue weighted by molar-refractivity contribution is 0.386. The SMILES string of the molecule is CN(C)CCCn1c(CCl)nc2cc(I)c(F)cc21. The van der Waals surface area contributed by atoms with E-state index >= 15 is 0 Å². The van der Waals surface area contributed by atoms with Crippen molar-refractivity contribution in [2.24, 2.45) is 0 Å². The minimum atomic E-state index is -0.206. The zero-order chi connectivity index (χ0) is 14.0. The lowest BCUT2D eigenvalue weighted by atomic mass is 10.3. The lowest BCUT2D eigenvalue weighted by Crippen LogP contribution is -2.15. The van der Waals surface area contributed by atoms with Crippen molar-refractivity contribution in [1.29, 1.82) is 0 Å². The summed E-state index contributed by atoms with van der Waals surface area (Å²) in [5.74, 6) is 0.939. The van der Waals surface area contributed by atoms with Gasteiger partial charge in [-0.05, 0) is 55.7 Å². The third-order valence-corrected chi connectivity index (χ3v) is 4.04. The average Bonchev–Trinajstić information content (AvgIpc) is 2.67. The van der Waals surface area contributed by atoms with Gasteiger partial charge in [0.05, 0.1) is 20.5 Å². The smallest absolute Gasteiger partial charge is 0.138 e. The molecule has 0 radical (unpaired) electrons. The van der Waals surface area contributed by atoms with E-state index in [0.29, 0.717) is 9.45 Å². The summed E-state index contributed by atoms with van der Waals surface area (Å²) in [5.41, 5.74) is 1.64. The minimum Gasteiger partial charge on any atom is -0.327 e. The molecule has 0 aliphatic heterocycles. The second kappa shape index (κ2) is 6.37. The van der Waals surface area contributed by atoms with Crippen molar-refractivity contribution >= 4 is 45.2 Å². The molecule has 3 nitrogen and oxygen atoms in total. The second-order valence-electron chi connectivity index (χ2n) is 4.73. The van der Waals surface area contributed by atoms with Crippen LogP contribution in [0, 0.1) is 9.39 Å². The molecule has 0 aliphatic carbocycles. The fourth-order valence-corrected chi connectivity index (χ4v) is 2.72. The van der Waals surface area contributed by atoms with Gasteiger partial charge in [0.15, 0.2) is 0 Å². The molecule has 104 valence electrons. The third kappa shape index (κ3) is 3.38. The van der Waals surface area contributed by atoms with Crippen LogP contribution >= 0.6 is 34.2 Å². The van der Waals surface area contributed by atoms with Gasteiger partial charge in [0.2, 0.25) is 0 Å². The zero-order valence-corrected chi connectivity index (χ0v) is 13.9. The zero-order valence-electron chi connectivity index (χ0n) is 11.0. The normalized spacial score (nSPS) is 11.7. The van der Waals surface area contributed by atoms with Crippen LogP contribution in [-0.2, 0) is 12.4 Å². The van der Waals surface area contributed by atoms with E-state index in [4.69, 9.17) is 11.6 Å². The fraction of sp³-hybridized carbons (Fsp3) is 0.462. The molecule has 1 aromatic carbocycles. The van der Waals surface area contributed by atoms with Crippen LogP contribution in [0.5, 0.6) is 0 Å². The Kier molecular flexibility index (Phi) is 5.03. The van der Waals surface area contributed by atoms with Crippen molar-refractivity contribution in [3.63, 3.8) is 0 Å². The highest BCUT2D eigenvalue weighted by molar-refractivity contribution is 14.1. The Balaban J connectivity index is 2.36. The number of aryl methyl sites for hydroxylation is 1. The van der Waals surface area contributed by atoms with Gasteiger partial charge in [-0.25, -0.2) is 9.37 Å². The molecule has 0 unspecified atom stereocenters.